The largest absolute Gasteiger partial charge is 0.494 e. The fraction of sp³-hybridized carbons (Fsp3) is 0.188. The van der Waals surface area contributed by atoms with Gasteiger partial charge in [-0.25, -0.2) is 0 Å². The highest BCUT2D eigenvalue weighted by Gasteiger charge is 2.10. The number of benzene rings is 1. The molecule has 1 heterocycles. The van der Waals surface area contributed by atoms with Crippen LogP contribution in [0, 0.1) is 0 Å². The molecule has 0 aliphatic carbocycles. The minimum absolute atomic E-state index is 0.236. The molecule has 0 saturated carbocycles. The minimum Gasteiger partial charge on any atom is -0.494 e. The number of hydrogen-bond acceptors (Lipinski definition) is 5. The van der Waals surface area contributed by atoms with Crippen LogP contribution in [0.4, 0.5) is 0 Å². The van der Waals surface area contributed by atoms with Crippen molar-refractivity contribution in [2.75, 3.05) is 13.2 Å². The van der Waals surface area contributed by atoms with Gasteiger partial charge in [-0.2, -0.15) is 0 Å². The van der Waals surface area contributed by atoms with Crippen molar-refractivity contribution in [1.82, 2.24) is 16.2 Å². The Morgan fingerprint density at radius 2 is 1.79 bits per heavy atom. The van der Waals surface area contributed by atoms with Gasteiger partial charge in [-0.1, -0.05) is 6.07 Å². The monoisotopic (exact) mass is 347 g/mol. The molecule has 8 heteroatoms. The van der Waals surface area contributed by atoms with Gasteiger partial charge in [0.05, 0.1) is 18.0 Å². The van der Waals surface area contributed by atoms with Gasteiger partial charge in [0.25, 0.3) is 17.7 Å². The van der Waals surface area contributed by atoms with Crippen molar-refractivity contribution in [3.05, 3.63) is 52.2 Å². The minimum atomic E-state index is -0.529. The van der Waals surface area contributed by atoms with Crippen LogP contribution in [-0.2, 0) is 4.79 Å². The SMILES string of the molecule is CCOc1ccc(C(=O)NNC(=O)CNC(=O)c2cccs2)cc1. The lowest BCUT2D eigenvalue weighted by atomic mass is 10.2. The second-order valence-electron chi connectivity index (χ2n) is 4.62. The van der Waals surface area contributed by atoms with Gasteiger partial charge in [0.2, 0.25) is 0 Å². The number of hydrogen-bond donors (Lipinski definition) is 3. The van der Waals surface area contributed by atoms with Crippen LogP contribution < -0.4 is 20.9 Å². The Kier molecular flexibility index (Phi) is 6.32. The molecular formula is C16H17N3O4S. The number of amides is 3. The van der Waals surface area contributed by atoms with Gasteiger partial charge in [-0.05, 0) is 42.6 Å². The highest BCUT2D eigenvalue weighted by molar-refractivity contribution is 7.12. The van der Waals surface area contributed by atoms with Crippen LogP contribution in [0.3, 0.4) is 0 Å². The predicted molar refractivity (Wildman–Crippen MR) is 89.9 cm³/mol. The Hall–Kier alpha value is -2.87. The first-order chi connectivity index (χ1) is 11.6. The molecular weight excluding hydrogens is 330 g/mol. The molecule has 0 saturated heterocycles. The van der Waals surface area contributed by atoms with Gasteiger partial charge in [0.15, 0.2) is 0 Å². The summed E-state index contributed by atoms with van der Waals surface area (Å²) in [6, 6.07) is 9.92. The summed E-state index contributed by atoms with van der Waals surface area (Å²) in [5, 5.41) is 4.23. The number of thiophene rings is 1. The topological polar surface area (TPSA) is 96.5 Å². The summed E-state index contributed by atoms with van der Waals surface area (Å²) >= 11 is 1.28. The molecule has 7 nitrogen and oxygen atoms in total. The third-order valence-electron chi connectivity index (χ3n) is 2.90. The highest BCUT2D eigenvalue weighted by atomic mass is 32.1. The second kappa shape index (κ2) is 8.68. The molecule has 0 radical (unpaired) electrons. The van der Waals surface area contributed by atoms with Crippen LogP contribution >= 0.6 is 11.3 Å². The van der Waals surface area contributed by atoms with E-state index in [1.807, 2.05) is 6.92 Å². The van der Waals surface area contributed by atoms with Crippen molar-refractivity contribution in [1.29, 1.82) is 0 Å². The van der Waals surface area contributed by atoms with E-state index in [1.54, 1.807) is 41.8 Å². The van der Waals surface area contributed by atoms with E-state index < -0.39 is 11.8 Å². The van der Waals surface area contributed by atoms with E-state index in [1.165, 1.54) is 11.3 Å². The Balaban J connectivity index is 1.74. The van der Waals surface area contributed by atoms with Crippen molar-refractivity contribution >= 4 is 29.1 Å². The summed E-state index contributed by atoms with van der Waals surface area (Å²) in [7, 11) is 0. The molecule has 0 aliphatic rings. The number of hydrazine groups is 1. The van der Waals surface area contributed by atoms with E-state index in [0.717, 1.165) is 0 Å². The Morgan fingerprint density at radius 3 is 2.42 bits per heavy atom. The van der Waals surface area contributed by atoms with Crippen molar-refractivity contribution < 1.29 is 19.1 Å². The summed E-state index contributed by atoms with van der Waals surface area (Å²) < 4.78 is 5.28. The van der Waals surface area contributed by atoms with Crippen LogP contribution in [0.15, 0.2) is 41.8 Å². The number of carbonyl (C=O) groups excluding carboxylic acids is 3. The number of ether oxygens (including phenoxy) is 1. The standard InChI is InChI=1S/C16H17N3O4S/c1-2-23-12-7-5-11(6-8-12)15(21)19-18-14(20)10-17-16(22)13-4-3-9-24-13/h3-9H,2,10H2,1H3,(H,17,22)(H,18,20)(H,19,21). The molecule has 126 valence electrons. The van der Waals surface area contributed by atoms with Crippen LogP contribution in [0.1, 0.15) is 27.0 Å². The van der Waals surface area contributed by atoms with Gasteiger partial charge in [0, 0.05) is 5.56 Å². The lowest BCUT2D eigenvalue weighted by Crippen LogP contribution is -2.46. The average molecular weight is 347 g/mol. The maximum Gasteiger partial charge on any atom is 0.269 e. The fourth-order valence-electron chi connectivity index (χ4n) is 1.77. The molecule has 0 unspecified atom stereocenters. The maximum absolute atomic E-state index is 11.9. The molecule has 0 atom stereocenters. The van der Waals surface area contributed by atoms with Crippen molar-refractivity contribution in [2.24, 2.45) is 0 Å². The maximum atomic E-state index is 11.9. The number of nitrogens with one attached hydrogen (secondary N) is 3. The molecule has 1 aromatic heterocycles. The van der Waals surface area contributed by atoms with Crippen LogP contribution in [-0.4, -0.2) is 30.9 Å². The number of rotatable bonds is 6. The summed E-state index contributed by atoms with van der Waals surface area (Å²) in [4.78, 5) is 35.7. The van der Waals surface area contributed by atoms with E-state index in [2.05, 4.69) is 16.2 Å². The van der Waals surface area contributed by atoms with Gasteiger partial charge >= 0.3 is 0 Å². The van der Waals surface area contributed by atoms with E-state index in [9.17, 15) is 14.4 Å². The lowest BCUT2D eigenvalue weighted by molar-refractivity contribution is -0.120. The summed E-state index contributed by atoms with van der Waals surface area (Å²) in [6.07, 6.45) is 0. The molecule has 0 fully saturated rings. The highest BCUT2D eigenvalue weighted by Crippen LogP contribution is 2.11. The van der Waals surface area contributed by atoms with Gasteiger partial charge in [0.1, 0.15) is 5.75 Å². The second-order valence-corrected chi connectivity index (χ2v) is 5.57. The van der Waals surface area contributed by atoms with E-state index in [-0.39, 0.29) is 12.5 Å². The van der Waals surface area contributed by atoms with Gasteiger partial charge in [-0.15, -0.1) is 11.3 Å². The molecule has 1 aromatic carbocycles. The van der Waals surface area contributed by atoms with Gasteiger partial charge in [-0.3, -0.25) is 25.2 Å². The molecule has 0 spiro atoms. The van der Waals surface area contributed by atoms with Crippen LogP contribution in [0.5, 0.6) is 5.75 Å². The Labute approximate surface area is 143 Å². The zero-order valence-electron chi connectivity index (χ0n) is 13.0. The van der Waals surface area contributed by atoms with Crippen molar-refractivity contribution in [3.63, 3.8) is 0 Å². The molecule has 2 aromatic rings. The van der Waals surface area contributed by atoms with Crippen LogP contribution in [0.2, 0.25) is 0 Å². The molecule has 2 rings (SSSR count). The van der Waals surface area contributed by atoms with Crippen molar-refractivity contribution in [2.45, 2.75) is 6.92 Å². The zero-order valence-corrected chi connectivity index (χ0v) is 13.8. The van der Waals surface area contributed by atoms with Crippen LogP contribution in [0.25, 0.3) is 0 Å². The molecule has 3 amide bonds. The fourth-order valence-corrected chi connectivity index (χ4v) is 2.41. The molecule has 3 N–H and O–H groups in total. The lowest BCUT2D eigenvalue weighted by Gasteiger charge is -2.09. The molecule has 24 heavy (non-hydrogen) atoms. The normalized spacial score (nSPS) is 9.88. The van der Waals surface area contributed by atoms with E-state index in [0.29, 0.717) is 22.8 Å². The third kappa shape index (κ3) is 5.10. The zero-order chi connectivity index (χ0) is 17.4. The first-order valence-electron chi connectivity index (χ1n) is 7.24. The van der Waals surface area contributed by atoms with Crippen molar-refractivity contribution in [3.8, 4) is 5.75 Å². The molecule has 0 aliphatic heterocycles. The van der Waals surface area contributed by atoms with E-state index >= 15 is 0 Å². The first kappa shape index (κ1) is 17.5. The summed E-state index contributed by atoms with van der Waals surface area (Å²) in [5.41, 5.74) is 4.90. The summed E-state index contributed by atoms with van der Waals surface area (Å²) in [6.45, 7) is 2.17. The number of carbonyl (C=O) groups is 3. The summed E-state index contributed by atoms with van der Waals surface area (Å²) in [5.74, 6) is -0.664. The Morgan fingerprint density at radius 1 is 1.04 bits per heavy atom. The third-order valence-corrected chi connectivity index (χ3v) is 3.77. The first-order valence-corrected chi connectivity index (χ1v) is 8.12. The quantitative estimate of drug-likeness (QED) is 0.687. The van der Waals surface area contributed by atoms with E-state index in [4.69, 9.17) is 4.74 Å². The smallest absolute Gasteiger partial charge is 0.269 e. The predicted octanol–water partition coefficient (Wildman–Crippen LogP) is 1.34. The Bertz CT molecular complexity index is 699. The molecule has 0 bridgehead atoms. The average Bonchev–Trinajstić information content (AvgIpc) is 3.13. The van der Waals surface area contributed by atoms with Gasteiger partial charge < -0.3 is 10.1 Å².